The summed E-state index contributed by atoms with van der Waals surface area (Å²) in [5.74, 6) is 1.01. The van der Waals surface area contributed by atoms with Crippen LogP contribution in [0.3, 0.4) is 0 Å². The molecule has 1 fully saturated rings. The summed E-state index contributed by atoms with van der Waals surface area (Å²) in [6.07, 6.45) is 3.03. The van der Waals surface area contributed by atoms with E-state index in [-0.39, 0.29) is 17.7 Å². The van der Waals surface area contributed by atoms with Gasteiger partial charge in [-0.05, 0) is 38.4 Å². The number of nitrogens with zero attached hydrogens (tertiary/aromatic N) is 2. The minimum atomic E-state index is -0.0488. The molecule has 0 radical (unpaired) electrons. The second-order valence-electron chi connectivity index (χ2n) is 5.13. The van der Waals surface area contributed by atoms with E-state index in [1.165, 1.54) is 0 Å². The van der Waals surface area contributed by atoms with Crippen LogP contribution in [0.25, 0.3) is 0 Å². The van der Waals surface area contributed by atoms with Crippen molar-refractivity contribution in [3.8, 4) is 0 Å². The molecule has 0 saturated heterocycles. The number of aromatic nitrogens is 3. The summed E-state index contributed by atoms with van der Waals surface area (Å²) in [7, 11) is 0. The number of hydrogen-bond acceptors (Lipinski definition) is 4. The SMILES string of the molecule is CCn1c(CNC(=O)CCCNC(=O)C2CC2)n[nH]c1=S. The molecule has 1 aliphatic rings. The summed E-state index contributed by atoms with van der Waals surface area (Å²) in [6.45, 7) is 3.59. The number of aromatic amines is 1. The van der Waals surface area contributed by atoms with Crippen LogP contribution in [0, 0.1) is 10.7 Å². The first-order valence-corrected chi connectivity index (χ1v) is 7.71. The Kier molecular flexibility index (Phi) is 5.49. The summed E-state index contributed by atoms with van der Waals surface area (Å²) in [4.78, 5) is 23.1. The number of hydrogen-bond donors (Lipinski definition) is 3. The molecule has 3 N–H and O–H groups in total. The van der Waals surface area contributed by atoms with Gasteiger partial charge < -0.3 is 15.2 Å². The van der Waals surface area contributed by atoms with Gasteiger partial charge in [-0.25, -0.2) is 0 Å². The van der Waals surface area contributed by atoms with Crippen molar-refractivity contribution in [1.82, 2.24) is 25.4 Å². The van der Waals surface area contributed by atoms with Crippen molar-refractivity contribution in [3.63, 3.8) is 0 Å². The largest absolute Gasteiger partial charge is 0.356 e. The number of carbonyl (C=O) groups excluding carboxylic acids is 2. The fourth-order valence-electron chi connectivity index (χ4n) is 2.03. The van der Waals surface area contributed by atoms with Crippen LogP contribution >= 0.6 is 12.2 Å². The van der Waals surface area contributed by atoms with Crippen LogP contribution in [0.5, 0.6) is 0 Å². The molecule has 21 heavy (non-hydrogen) atoms. The second kappa shape index (κ2) is 7.35. The molecule has 8 heteroatoms. The van der Waals surface area contributed by atoms with E-state index in [0.717, 1.165) is 18.7 Å². The highest BCUT2D eigenvalue weighted by molar-refractivity contribution is 7.71. The van der Waals surface area contributed by atoms with Crippen LogP contribution in [-0.4, -0.2) is 33.1 Å². The third-order valence-electron chi connectivity index (χ3n) is 3.43. The van der Waals surface area contributed by atoms with Gasteiger partial charge in [0.05, 0.1) is 6.54 Å². The van der Waals surface area contributed by atoms with E-state index in [1.807, 2.05) is 11.5 Å². The predicted octanol–water partition coefficient (Wildman–Crippen LogP) is 0.883. The van der Waals surface area contributed by atoms with Crippen molar-refractivity contribution in [2.24, 2.45) is 5.92 Å². The normalized spacial score (nSPS) is 14.0. The zero-order valence-electron chi connectivity index (χ0n) is 12.1. The molecule has 7 nitrogen and oxygen atoms in total. The second-order valence-corrected chi connectivity index (χ2v) is 5.52. The Morgan fingerprint density at radius 2 is 2.19 bits per heavy atom. The maximum absolute atomic E-state index is 11.7. The maximum atomic E-state index is 11.7. The molecule has 0 atom stereocenters. The lowest BCUT2D eigenvalue weighted by Gasteiger charge is -2.07. The standard InChI is InChI=1S/C13H21N5O2S/c1-2-18-10(16-17-13(18)21)8-15-11(19)4-3-7-14-12(20)9-5-6-9/h9H,2-8H2,1H3,(H,14,20)(H,15,19)(H,17,21). The first-order valence-electron chi connectivity index (χ1n) is 7.30. The van der Waals surface area contributed by atoms with E-state index in [2.05, 4.69) is 20.8 Å². The van der Waals surface area contributed by atoms with Crippen LogP contribution in [0.2, 0.25) is 0 Å². The zero-order chi connectivity index (χ0) is 15.2. The molecule has 1 heterocycles. The molecule has 1 saturated carbocycles. The van der Waals surface area contributed by atoms with Gasteiger partial charge in [0.2, 0.25) is 11.8 Å². The molecular formula is C13H21N5O2S. The monoisotopic (exact) mass is 311 g/mol. The first kappa shape index (κ1) is 15.7. The van der Waals surface area contributed by atoms with Crippen molar-refractivity contribution in [2.45, 2.75) is 45.7 Å². The Bertz CT molecular complexity index is 561. The lowest BCUT2D eigenvalue weighted by atomic mass is 10.3. The molecule has 116 valence electrons. The average molecular weight is 311 g/mol. The molecule has 0 unspecified atom stereocenters. The number of rotatable bonds is 8. The molecular weight excluding hydrogens is 290 g/mol. The quantitative estimate of drug-likeness (QED) is 0.491. The molecule has 1 aromatic rings. The third kappa shape index (κ3) is 4.66. The van der Waals surface area contributed by atoms with Crippen LogP contribution in [-0.2, 0) is 22.7 Å². The zero-order valence-corrected chi connectivity index (χ0v) is 13.0. The lowest BCUT2D eigenvalue weighted by Crippen LogP contribution is -2.28. The molecule has 0 bridgehead atoms. The summed E-state index contributed by atoms with van der Waals surface area (Å²) in [5.41, 5.74) is 0. The van der Waals surface area contributed by atoms with Crippen molar-refractivity contribution in [2.75, 3.05) is 6.54 Å². The van der Waals surface area contributed by atoms with E-state index in [9.17, 15) is 9.59 Å². The molecule has 0 aliphatic heterocycles. The van der Waals surface area contributed by atoms with Crippen LogP contribution < -0.4 is 10.6 Å². The summed E-state index contributed by atoms with van der Waals surface area (Å²) in [6, 6.07) is 0. The Hall–Kier alpha value is -1.70. The van der Waals surface area contributed by atoms with Gasteiger partial charge in [0.1, 0.15) is 0 Å². The predicted molar refractivity (Wildman–Crippen MR) is 79.9 cm³/mol. The van der Waals surface area contributed by atoms with Crippen LogP contribution in [0.15, 0.2) is 0 Å². The van der Waals surface area contributed by atoms with E-state index >= 15 is 0 Å². The fourth-order valence-corrected chi connectivity index (χ4v) is 2.31. The van der Waals surface area contributed by atoms with Crippen molar-refractivity contribution >= 4 is 24.0 Å². The lowest BCUT2D eigenvalue weighted by molar-refractivity contribution is -0.123. The smallest absolute Gasteiger partial charge is 0.223 e. The number of H-pyrrole nitrogens is 1. The van der Waals surface area contributed by atoms with Gasteiger partial charge in [-0.2, -0.15) is 5.10 Å². The van der Waals surface area contributed by atoms with Crippen molar-refractivity contribution in [3.05, 3.63) is 10.6 Å². The third-order valence-corrected chi connectivity index (χ3v) is 3.74. The van der Waals surface area contributed by atoms with E-state index in [1.54, 1.807) is 0 Å². The molecule has 0 aromatic carbocycles. The van der Waals surface area contributed by atoms with E-state index in [4.69, 9.17) is 12.2 Å². The minimum Gasteiger partial charge on any atom is -0.356 e. The van der Waals surface area contributed by atoms with Crippen LogP contribution in [0.1, 0.15) is 38.4 Å². The summed E-state index contributed by atoms with van der Waals surface area (Å²) in [5, 5.41) is 12.4. The average Bonchev–Trinajstić information content (AvgIpc) is 3.25. The molecule has 1 aromatic heterocycles. The van der Waals surface area contributed by atoms with Crippen molar-refractivity contribution in [1.29, 1.82) is 0 Å². The van der Waals surface area contributed by atoms with Gasteiger partial charge in [0.25, 0.3) is 0 Å². The highest BCUT2D eigenvalue weighted by Crippen LogP contribution is 2.28. The summed E-state index contributed by atoms with van der Waals surface area (Å²) >= 11 is 5.08. The molecule has 0 spiro atoms. The van der Waals surface area contributed by atoms with Gasteiger partial charge in [-0.15, -0.1) is 0 Å². The Balaban J connectivity index is 1.62. The van der Waals surface area contributed by atoms with Crippen LogP contribution in [0.4, 0.5) is 0 Å². The first-order chi connectivity index (χ1) is 10.1. The number of amides is 2. The fraction of sp³-hybridized carbons (Fsp3) is 0.692. The van der Waals surface area contributed by atoms with Gasteiger partial charge in [0, 0.05) is 25.4 Å². The van der Waals surface area contributed by atoms with Crippen molar-refractivity contribution < 1.29 is 9.59 Å². The van der Waals surface area contributed by atoms with Gasteiger partial charge in [0.15, 0.2) is 10.6 Å². The van der Waals surface area contributed by atoms with E-state index < -0.39 is 0 Å². The Labute approximate surface area is 128 Å². The maximum Gasteiger partial charge on any atom is 0.223 e. The topological polar surface area (TPSA) is 91.8 Å². The molecule has 2 rings (SSSR count). The number of carbonyl (C=O) groups is 2. The Morgan fingerprint density at radius 3 is 2.86 bits per heavy atom. The minimum absolute atomic E-state index is 0.0488. The van der Waals surface area contributed by atoms with Gasteiger partial charge in [-0.1, -0.05) is 0 Å². The van der Waals surface area contributed by atoms with Gasteiger partial charge >= 0.3 is 0 Å². The summed E-state index contributed by atoms with van der Waals surface area (Å²) < 4.78 is 2.40. The molecule has 2 amide bonds. The highest BCUT2D eigenvalue weighted by Gasteiger charge is 2.28. The van der Waals surface area contributed by atoms with E-state index in [0.29, 0.717) is 37.2 Å². The molecule has 1 aliphatic carbocycles. The Morgan fingerprint density at radius 1 is 1.43 bits per heavy atom. The highest BCUT2D eigenvalue weighted by atomic mass is 32.1. The van der Waals surface area contributed by atoms with Gasteiger partial charge in [-0.3, -0.25) is 14.7 Å². The number of nitrogens with one attached hydrogen (secondary N) is 3.